The molecule has 16 rings (SSSR count). The average Bonchev–Trinajstić information content (AvgIpc) is 4.36. The lowest BCUT2D eigenvalue weighted by atomic mass is 9.67. The van der Waals surface area contributed by atoms with Crippen molar-refractivity contribution in [1.29, 1.82) is 0 Å². The van der Waals surface area contributed by atoms with Crippen molar-refractivity contribution in [2.75, 3.05) is 9.80 Å². The number of hydrogen-bond donors (Lipinski definition) is 0. The Morgan fingerprint density at radius 2 is 0.747 bits per heavy atom. The maximum Gasteiger partial charge on any atom is 0.159 e. The highest BCUT2D eigenvalue weighted by atomic mass is 16.3. The number of aryl methyl sites for hydroxylation is 2. The number of anilines is 6. The minimum Gasteiger partial charge on any atom is -0.454 e. The lowest BCUT2D eigenvalue weighted by molar-refractivity contribution is 0.666. The molecule has 0 bridgehead atoms. The summed E-state index contributed by atoms with van der Waals surface area (Å²) in [5.74, 6) is 0. The molecule has 0 saturated carbocycles. The van der Waals surface area contributed by atoms with Gasteiger partial charge in [0.2, 0.25) is 0 Å². The normalized spacial score (nSPS) is 12.8. The van der Waals surface area contributed by atoms with E-state index in [2.05, 4.69) is 291 Å². The van der Waals surface area contributed by atoms with E-state index < -0.39 is 5.41 Å². The summed E-state index contributed by atoms with van der Waals surface area (Å²) in [6, 6.07) is 97.6. The second kappa shape index (κ2) is 17.4. The summed E-state index contributed by atoms with van der Waals surface area (Å²) < 4.78 is 14.3. The zero-order chi connectivity index (χ0) is 52.3. The topological polar surface area (TPSA) is 32.8 Å². The summed E-state index contributed by atoms with van der Waals surface area (Å²) in [5.41, 5.74) is 18.2. The standard InChI is InChI=1S/C75H50N2O2/c1-47-43-49-23-15-17-33-56(49)69-61-37-21-39-65(73(61)78-71(47)69)76(53-29-11-5-12-30-53)55-41-42-60-63(45-55)75(51-25-7-3-8-26-51,52-27-9-4-10-28-52)64-46-67(58-35-19-20-36-59(58)68(60)64)77(54-31-13-6-14-32-54)66-40-22-38-62-70-57-34-18-16-24-50(57)44-48(2)72(70)79-74(62)66/h3-46H,1-2H3. The predicted octanol–water partition coefficient (Wildman–Crippen LogP) is 20.9. The van der Waals surface area contributed by atoms with Crippen molar-refractivity contribution >= 4 is 110 Å². The van der Waals surface area contributed by atoms with Gasteiger partial charge in [0.25, 0.3) is 0 Å². The molecule has 4 nitrogen and oxygen atoms in total. The molecule has 0 saturated heterocycles. The minimum atomic E-state index is -0.782. The Labute approximate surface area is 457 Å². The van der Waals surface area contributed by atoms with Crippen LogP contribution in [-0.2, 0) is 5.41 Å². The maximum atomic E-state index is 7.21. The second-order valence-corrected chi connectivity index (χ2v) is 21.2. The molecule has 0 spiro atoms. The summed E-state index contributed by atoms with van der Waals surface area (Å²) in [4.78, 5) is 4.84. The molecule has 13 aromatic carbocycles. The fourth-order valence-electron chi connectivity index (χ4n) is 13.6. The van der Waals surface area contributed by atoms with Crippen molar-refractivity contribution in [3.63, 3.8) is 0 Å². The molecule has 15 aromatic rings. The largest absolute Gasteiger partial charge is 0.454 e. The van der Waals surface area contributed by atoms with Crippen LogP contribution in [0, 0.1) is 13.8 Å². The van der Waals surface area contributed by atoms with Gasteiger partial charge < -0.3 is 18.6 Å². The highest BCUT2D eigenvalue weighted by molar-refractivity contribution is 6.24. The summed E-state index contributed by atoms with van der Waals surface area (Å²) in [6.45, 7) is 4.32. The highest BCUT2D eigenvalue weighted by Crippen LogP contribution is 2.61. The molecule has 4 heteroatoms. The van der Waals surface area contributed by atoms with Crippen LogP contribution in [0.15, 0.2) is 276 Å². The molecular formula is C75H50N2O2. The van der Waals surface area contributed by atoms with Gasteiger partial charge in [-0.25, -0.2) is 0 Å². The quantitative estimate of drug-likeness (QED) is 0.152. The lowest BCUT2D eigenvalue weighted by Crippen LogP contribution is -2.29. The average molecular weight is 1010 g/mol. The maximum absolute atomic E-state index is 7.21. The van der Waals surface area contributed by atoms with Crippen LogP contribution in [0.3, 0.4) is 0 Å². The molecule has 0 amide bonds. The van der Waals surface area contributed by atoms with Gasteiger partial charge >= 0.3 is 0 Å². The van der Waals surface area contributed by atoms with E-state index in [-0.39, 0.29) is 0 Å². The smallest absolute Gasteiger partial charge is 0.159 e. The van der Waals surface area contributed by atoms with Crippen molar-refractivity contribution in [2.24, 2.45) is 0 Å². The Bertz CT molecular complexity index is 4880. The molecule has 0 radical (unpaired) electrons. The van der Waals surface area contributed by atoms with Crippen LogP contribution < -0.4 is 9.80 Å². The zero-order valence-corrected chi connectivity index (χ0v) is 43.6. The highest BCUT2D eigenvalue weighted by Gasteiger charge is 2.48. The summed E-state index contributed by atoms with van der Waals surface area (Å²) in [7, 11) is 0. The SMILES string of the molecule is Cc1cc2ccccc2c2c1oc1c(N(c3ccccc3)c3ccc4c(c3)C(c3ccccc3)(c3ccccc3)c3cc(N(c5ccccc5)c5cccc6c5oc5c(C)cc7ccccc7c56)c5ccccc5c3-4)cccc12. The van der Waals surface area contributed by atoms with E-state index in [1.165, 1.54) is 60.3 Å². The van der Waals surface area contributed by atoms with Gasteiger partial charge in [-0.2, -0.15) is 0 Å². The van der Waals surface area contributed by atoms with E-state index in [9.17, 15) is 0 Å². The van der Waals surface area contributed by atoms with Crippen LogP contribution in [0.2, 0.25) is 0 Å². The Kier molecular flexibility index (Phi) is 9.95. The molecule has 2 heterocycles. The molecule has 0 atom stereocenters. The minimum absolute atomic E-state index is 0.782. The lowest BCUT2D eigenvalue weighted by Gasteiger charge is -2.36. The number of para-hydroxylation sites is 4. The predicted molar refractivity (Wildman–Crippen MR) is 330 cm³/mol. The number of rotatable bonds is 8. The van der Waals surface area contributed by atoms with Crippen molar-refractivity contribution in [2.45, 2.75) is 19.3 Å². The summed E-state index contributed by atoms with van der Waals surface area (Å²) in [6.07, 6.45) is 0. The van der Waals surface area contributed by atoms with Gasteiger partial charge in [0.15, 0.2) is 11.2 Å². The first kappa shape index (κ1) is 45.1. The molecule has 2 aromatic heterocycles. The van der Waals surface area contributed by atoms with Gasteiger partial charge in [-0.1, -0.05) is 200 Å². The van der Waals surface area contributed by atoms with Crippen LogP contribution in [0.1, 0.15) is 33.4 Å². The van der Waals surface area contributed by atoms with Crippen LogP contribution in [0.4, 0.5) is 34.1 Å². The molecule has 79 heavy (non-hydrogen) atoms. The van der Waals surface area contributed by atoms with Gasteiger partial charge in [-0.3, -0.25) is 0 Å². The molecule has 1 aliphatic carbocycles. The molecule has 0 fully saturated rings. The van der Waals surface area contributed by atoms with E-state index in [4.69, 9.17) is 8.83 Å². The third kappa shape index (κ3) is 6.55. The van der Waals surface area contributed by atoms with Gasteiger partial charge in [0, 0.05) is 44.0 Å². The van der Waals surface area contributed by atoms with Crippen LogP contribution in [-0.4, -0.2) is 0 Å². The molecular weight excluding hydrogens is 961 g/mol. The molecule has 0 aliphatic heterocycles. The Hall–Kier alpha value is -10.2. The molecule has 0 unspecified atom stereocenters. The first-order chi connectivity index (χ1) is 39.0. The number of fused-ring (bicyclic) bond motifs is 15. The monoisotopic (exact) mass is 1010 g/mol. The van der Waals surface area contributed by atoms with Crippen LogP contribution in [0.25, 0.3) is 87.3 Å². The van der Waals surface area contributed by atoms with Crippen molar-refractivity contribution in [3.05, 3.63) is 300 Å². The van der Waals surface area contributed by atoms with Gasteiger partial charge in [-0.15, -0.1) is 0 Å². The van der Waals surface area contributed by atoms with Gasteiger partial charge in [0.1, 0.15) is 11.2 Å². The first-order valence-corrected chi connectivity index (χ1v) is 27.2. The Morgan fingerprint density at radius 1 is 0.304 bits per heavy atom. The van der Waals surface area contributed by atoms with Crippen molar-refractivity contribution < 1.29 is 8.83 Å². The number of furan rings is 2. The van der Waals surface area contributed by atoms with Gasteiger partial charge in [0.05, 0.1) is 22.5 Å². The van der Waals surface area contributed by atoms with E-state index in [0.29, 0.717) is 0 Å². The second-order valence-electron chi connectivity index (χ2n) is 21.2. The van der Waals surface area contributed by atoms with E-state index in [1.54, 1.807) is 0 Å². The van der Waals surface area contributed by atoms with E-state index in [0.717, 1.165) is 94.5 Å². The summed E-state index contributed by atoms with van der Waals surface area (Å²) >= 11 is 0. The number of nitrogens with zero attached hydrogens (tertiary/aromatic N) is 2. The van der Waals surface area contributed by atoms with Crippen molar-refractivity contribution in [1.82, 2.24) is 0 Å². The van der Waals surface area contributed by atoms with Crippen LogP contribution in [0.5, 0.6) is 0 Å². The molecule has 372 valence electrons. The van der Waals surface area contributed by atoms with E-state index in [1.807, 2.05) is 0 Å². The Morgan fingerprint density at radius 3 is 1.29 bits per heavy atom. The fraction of sp³-hybridized carbons (Fsp3) is 0.0400. The zero-order valence-electron chi connectivity index (χ0n) is 43.6. The number of benzene rings is 13. The first-order valence-electron chi connectivity index (χ1n) is 27.2. The third-order valence-corrected chi connectivity index (χ3v) is 16.8. The molecule has 0 N–H and O–H groups in total. The third-order valence-electron chi connectivity index (χ3n) is 16.8. The van der Waals surface area contributed by atoms with Gasteiger partial charge in [-0.05, 0) is 152 Å². The summed E-state index contributed by atoms with van der Waals surface area (Å²) in [5, 5.41) is 11.6. The molecule has 1 aliphatic rings. The Balaban J connectivity index is 0.995. The number of hydrogen-bond acceptors (Lipinski definition) is 4. The fourth-order valence-corrected chi connectivity index (χ4v) is 13.6. The van der Waals surface area contributed by atoms with Crippen molar-refractivity contribution in [3.8, 4) is 11.1 Å². The van der Waals surface area contributed by atoms with E-state index >= 15 is 0 Å². The van der Waals surface area contributed by atoms with Crippen LogP contribution >= 0.6 is 0 Å².